The molecule has 0 aliphatic carbocycles. The Morgan fingerprint density at radius 1 is 1.14 bits per heavy atom. The topological polar surface area (TPSA) is 93.9 Å². The second kappa shape index (κ2) is 9.77. The molecule has 1 amide bonds. The van der Waals surface area contributed by atoms with E-state index in [-0.39, 0.29) is 18.6 Å². The van der Waals surface area contributed by atoms with Gasteiger partial charge in [0.25, 0.3) is 0 Å². The third kappa shape index (κ3) is 4.60. The Morgan fingerprint density at radius 2 is 2.06 bits per heavy atom. The SMILES string of the molecule is O=C(Cc1ccc2c(c1)OCO2)N1CCCC(c2cc(NCc3cccnc3)n3ncc(Br)c3n2)C1. The molecule has 1 aromatic carbocycles. The number of nitrogens with one attached hydrogen (secondary N) is 1. The van der Waals surface area contributed by atoms with Gasteiger partial charge in [-0.15, -0.1) is 0 Å². The number of amides is 1. The zero-order chi connectivity index (χ0) is 24.5. The van der Waals surface area contributed by atoms with Crippen LogP contribution >= 0.6 is 15.9 Å². The number of benzene rings is 1. The number of hydrogen-bond acceptors (Lipinski definition) is 7. The van der Waals surface area contributed by atoms with E-state index < -0.39 is 0 Å². The predicted octanol–water partition coefficient (Wildman–Crippen LogP) is 4.18. The molecule has 2 aliphatic heterocycles. The molecule has 36 heavy (non-hydrogen) atoms. The van der Waals surface area contributed by atoms with E-state index in [1.807, 2.05) is 41.4 Å². The number of carbonyl (C=O) groups is 1. The fourth-order valence-electron chi connectivity index (χ4n) is 4.77. The second-order valence-corrected chi connectivity index (χ2v) is 9.91. The van der Waals surface area contributed by atoms with E-state index >= 15 is 0 Å². The molecule has 0 radical (unpaired) electrons. The van der Waals surface area contributed by atoms with Crippen LogP contribution in [0.1, 0.15) is 35.6 Å². The summed E-state index contributed by atoms with van der Waals surface area (Å²) in [6.45, 7) is 2.24. The number of piperidine rings is 1. The smallest absolute Gasteiger partial charge is 0.231 e. The Morgan fingerprint density at radius 3 is 2.94 bits per heavy atom. The third-order valence-corrected chi connectivity index (χ3v) is 7.19. The molecule has 4 aromatic rings. The summed E-state index contributed by atoms with van der Waals surface area (Å²) in [5, 5.41) is 7.96. The molecular weight excluding hydrogens is 524 g/mol. The lowest BCUT2D eigenvalue weighted by atomic mass is 9.94. The van der Waals surface area contributed by atoms with Gasteiger partial charge in [0.05, 0.1) is 22.8 Å². The van der Waals surface area contributed by atoms with Gasteiger partial charge in [0.15, 0.2) is 17.1 Å². The Balaban J connectivity index is 1.20. The summed E-state index contributed by atoms with van der Waals surface area (Å²) in [5.41, 5.74) is 3.71. The summed E-state index contributed by atoms with van der Waals surface area (Å²) in [4.78, 5) is 24.3. The van der Waals surface area contributed by atoms with Crippen LogP contribution in [0.15, 0.2) is 59.5 Å². The summed E-state index contributed by atoms with van der Waals surface area (Å²) in [5.74, 6) is 2.54. The highest BCUT2D eigenvalue weighted by Gasteiger charge is 2.27. The molecule has 184 valence electrons. The van der Waals surface area contributed by atoms with E-state index in [4.69, 9.17) is 14.5 Å². The average Bonchev–Trinajstić information content (AvgIpc) is 3.54. The number of likely N-dealkylation sites (tertiary alicyclic amines) is 1. The molecule has 5 heterocycles. The minimum Gasteiger partial charge on any atom is -0.454 e. The largest absolute Gasteiger partial charge is 0.454 e. The molecule has 9 nitrogen and oxygen atoms in total. The lowest BCUT2D eigenvalue weighted by molar-refractivity contribution is -0.131. The van der Waals surface area contributed by atoms with Crippen molar-refractivity contribution in [1.29, 1.82) is 0 Å². The predicted molar refractivity (Wildman–Crippen MR) is 137 cm³/mol. The number of carbonyl (C=O) groups excluding carboxylic acids is 1. The zero-order valence-electron chi connectivity index (χ0n) is 19.6. The summed E-state index contributed by atoms with van der Waals surface area (Å²) in [6, 6.07) is 11.7. The number of rotatable bonds is 6. The van der Waals surface area contributed by atoms with Crippen molar-refractivity contribution in [1.82, 2.24) is 24.5 Å². The van der Waals surface area contributed by atoms with E-state index in [0.717, 1.165) is 57.9 Å². The lowest BCUT2D eigenvalue weighted by Gasteiger charge is -2.33. The van der Waals surface area contributed by atoms with Crippen molar-refractivity contribution in [2.45, 2.75) is 31.7 Å². The van der Waals surface area contributed by atoms with Crippen LogP contribution in [0, 0.1) is 0 Å². The van der Waals surface area contributed by atoms with Crippen LogP contribution < -0.4 is 14.8 Å². The average molecular weight is 549 g/mol. The number of fused-ring (bicyclic) bond motifs is 2. The maximum atomic E-state index is 13.2. The summed E-state index contributed by atoms with van der Waals surface area (Å²) in [6.07, 6.45) is 7.61. The van der Waals surface area contributed by atoms with E-state index in [9.17, 15) is 4.79 Å². The monoisotopic (exact) mass is 548 g/mol. The minimum atomic E-state index is 0.111. The van der Waals surface area contributed by atoms with Crippen LogP contribution in [0.4, 0.5) is 5.82 Å². The standard InChI is InChI=1S/C26H25BrN6O3/c27-20-14-30-33-24(29-13-18-3-1-7-28-12-18)11-21(31-26(20)33)19-4-2-8-32(15-19)25(34)10-17-5-6-22-23(9-17)36-16-35-22/h1,3,5-7,9,11-12,14,19,29H,2,4,8,10,13,15-16H2. The number of pyridine rings is 1. The Kier molecular flexibility index (Phi) is 6.18. The molecule has 10 heteroatoms. The highest BCUT2D eigenvalue weighted by molar-refractivity contribution is 9.10. The zero-order valence-corrected chi connectivity index (χ0v) is 21.1. The van der Waals surface area contributed by atoms with Crippen molar-refractivity contribution < 1.29 is 14.3 Å². The fraction of sp³-hybridized carbons (Fsp3) is 0.308. The Bertz CT molecular complexity index is 1410. The van der Waals surface area contributed by atoms with Gasteiger partial charge in [-0.2, -0.15) is 9.61 Å². The van der Waals surface area contributed by atoms with E-state index in [1.165, 1.54) is 0 Å². The van der Waals surface area contributed by atoms with Gasteiger partial charge in [0.1, 0.15) is 5.82 Å². The van der Waals surface area contributed by atoms with Crippen molar-refractivity contribution in [2.75, 3.05) is 25.2 Å². The first-order valence-electron chi connectivity index (χ1n) is 12.0. The van der Waals surface area contributed by atoms with Gasteiger partial charge in [0.2, 0.25) is 12.7 Å². The van der Waals surface area contributed by atoms with Crippen LogP contribution in [0.3, 0.4) is 0 Å². The first-order chi connectivity index (χ1) is 17.6. The van der Waals surface area contributed by atoms with E-state index in [0.29, 0.717) is 25.3 Å². The molecular formula is C26H25BrN6O3. The summed E-state index contributed by atoms with van der Waals surface area (Å²) < 4.78 is 13.5. The molecule has 1 unspecified atom stereocenters. The third-order valence-electron chi connectivity index (χ3n) is 6.63. The first kappa shape index (κ1) is 22.8. The van der Waals surface area contributed by atoms with E-state index in [1.54, 1.807) is 16.9 Å². The number of aromatic nitrogens is 4. The van der Waals surface area contributed by atoms with Crippen LogP contribution in [0.25, 0.3) is 5.65 Å². The van der Waals surface area contributed by atoms with Gasteiger partial charge in [-0.1, -0.05) is 12.1 Å². The second-order valence-electron chi connectivity index (χ2n) is 9.05. The van der Waals surface area contributed by atoms with Gasteiger partial charge >= 0.3 is 0 Å². The molecule has 1 atom stereocenters. The molecule has 0 saturated carbocycles. The van der Waals surface area contributed by atoms with E-state index in [2.05, 4.69) is 37.4 Å². The van der Waals surface area contributed by atoms with Crippen molar-refractivity contribution in [3.8, 4) is 11.5 Å². The molecule has 0 spiro atoms. The summed E-state index contributed by atoms with van der Waals surface area (Å²) >= 11 is 3.58. The number of hydrogen-bond donors (Lipinski definition) is 1. The van der Waals surface area contributed by atoms with Gasteiger partial charge in [-0.3, -0.25) is 9.78 Å². The molecule has 1 fully saturated rings. The highest BCUT2D eigenvalue weighted by atomic mass is 79.9. The van der Waals surface area contributed by atoms with Crippen LogP contribution in [-0.4, -0.2) is 50.3 Å². The molecule has 1 saturated heterocycles. The molecule has 2 aliphatic rings. The molecule has 0 bridgehead atoms. The van der Waals surface area contributed by atoms with Crippen LogP contribution in [0.5, 0.6) is 11.5 Å². The number of halogens is 1. The molecule has 1 N–H and O–H groups in total. The number of nitrogens with zero attached hydrogens (tertiary/aromatic N) is 5. The number of ether oxygens (including phenoxy) is 2. The van der Waals surface area contributed by atoms with Crippen molar-refractivity contribution in [3.63, 3.8) is 0 Å². The minimum absolute atomic E-state index is 0.111. The maximum absolute atomic E-state index is 13.2. The van der Waals surface area contributed by atoms with Gasteiger partial charge < -0.3 is 19.7 Å². The quantitative estimate of drug-likeness (QED) is 0.386. The first-order valence-corrected chi connectivity index (χ1v) is 12.8. The molecule has 3 aromatic heterocycles. The lowest BCUT2D eigenvalue weighted by Crippen LogP contribution is -2.40. The normalized spacial score (nSPS) is 16.9. The van der Waals surface area contributed by atoms with Crippen molar-refractivity contribution >= 4 is 33.3 Å². The van der Waals surface area contributed by atoms with Crippen molar-refractivity contribution in [2.24, 2.45) is 0 Å². The Hall–Kier alpha value is -3.66. The van der Waals surface area contributed by atoms with Gasteiger partial charge in [-0.25, -0.2) is 4.98 Å². The fourth-order valence-corrected chi connectivity index (χ4v) is 5.12. The Labute approximate surface area is 216 Å². The van der Waals surface area contributed by atoms with Crippen LogP contribution in [-0.2, 0) is 17.8 Å². The van der Waals surface area contributed by atoms with Crippen molar-refractivity contribution in [3.05, 3.63) is 76.3 Å². The summed E-state index contributed by atoms with van der Waals surface area (Å²) in [7, 11) is 0. The van der Waals surface area contributed by atoms with Crippen LogP contribution in [0.2, 0.25) is 0 Å². The number of anilines is 1. The molecule has 6 rings (SSSR count). The van der Waals surface area contributed by atoms with Gasteiger partial charge in [0, 0.05) is 44.0 Å². The highest BCUT2D eigenvalue weighted by Crippen LogP contribution is 2.33. The van der Waals surface area contributed by atoms with Gasteiger partial charge in [-0.05, 0) is 58.1 Å². The maximum Gasteiger partial charge on any atom is 0.231 e.